The molecule has 6 heteroatoms. The molecule has 2 aromatic carbocycles. The van der Waals surface area contributed by atoms with Gasteiger partial charge in [0.1, 0.15) is 11.4 Å². The van der Waals surface area contributed by atoms with Gasteiger partial charge >= 0.3 is 5.97 Å². The highest BCUT2D eigenvalue weighted by molar-refractivity contribution is 6.35. The van der Waals surface area contributed by atoms with Crippen LogP contribution in [0.15, 0.2) is 51.7 Å². The summed E-state index contributed by atoms with van der Waals surface area (Å²) in [6.07, 6.45) is 0. The quantitative estimate of drug-likeness (QED) is 0.777. The molecule has 0 saturated heterocycles. The third kappa shape index (κ3) is 2.25. The second-order valence-electron chi connectivity index (χ2n) is 4.56. The average molecular weight is 319 g/mol. The first-order valence-corrected chi connectivity index (χ1v) is 6.61. The molecule has 0 saturated carbocycles. The monoisotopic (exact) mass is 318 g/mol. The van der Waals surface area contributed by atoms with E-state index in [4.69, 9.17) is 16.0 Å². The first-order chi connectivity index (χ1) is 10.5. The van der Waals surface area contributed by atoms with Gasteiger partial charge in [0.05, 0.1) is 10.4 Å². The molecular formula is C16H8ClFO4. The van der Waals surface area contributed by atoms with Crippen molar-refractivity contribution >= 4 is 28.5 Å². The minimum absolute atomic E-state index is 0.0123. The Morgan fingerprint density at radius 2 is 1.91 bits per heavy atom. The Bertz CT molecular complexity index is 962. The number of hydrogen-bond donors (Lipinski definition) is 1. The van der Waals surface area contributed by atoms with Crippen LogP contribution in [0.2, 0.25) is 5.02 Å². The Morgan fingerprint density at radius 1 is 1.18 bits per heavy atom. The van der Waals surface area contributed by atoms with Crippen molar-refractivity contribution < 1.29 is 18.7 Å². The van der Waals surface area contributed by atoms with E-state index in [0.717, 1.165) is 6.07 Å². The molecule has 0 bridgehead atoms. The first-order valence-electron chi connectivity index (χ1n) is 6.23. The predicted octanol–water partition coefficient (Wildman–Crippen LogP) is 3.95. The van der Waals surface area contributed by atoms with Crippen molar-refractivity contribution in [1.82, 2.24) is 0 Å². The highest BCUT2D eigenvalue weighted by Gasteiger charge is 2.23. The zero-order valence-corrected chi connectivity index (χ0v) is 11.7. The summed E-state index contributed by atoms with van der Waals surface area (Å²) in [5.74, 6) is -2.23. The second kappa shape index (κ2) is 5.27. The normalized spacial score (nSPS) is 10.8. The molecule has 1 aromatic heterocycles. The Morgan fingerprint density at radius 3 is 2.59 bits per heavy atom. The zero-order valence-electron chi connectivity index (χ0n) is 11.0. The average Bonchev–Trinajstić information content (AvgIpc) is 2.46. The van der Waals surface area contributed by atoms with Gasteiger partial charge in [-0.2, -0.15) is 0 Å². The number of carboxylic acids is 1. The van der Waals surface area contributed by atoms with Crippen molar-refractivity contribution in [2.75, 3.05) is 0 Å². The van der Waals surface area contributed by atoms with Gasteiger partial charge in [0, 0.05) is 5.56 Å². The van der Waals surface area contributed by atoms with E-state index in [9.17, 15) is 19.1 Å². The highest BCUT2D eigenvalue weighted by Crippen LogP contribution is 2.29. The lowest BCUT2D eigenvalue weighted by atomic mass is 10.0. The fourth-order valence-electron chi connectivity index (χ4n) is 2.23. The number of benzene rings is 2. The number of aromatic carboxylic acids is 1. The van der Waals surface area contributed by atoms with Crippen LogP contribution in [0.3, 0.4) is 0 Å². The lowest BCUT2D eigenvalue weighted by molar-refractivity contribution is 0.0694. The van der Waals surface area contributed by atoms with Crippen LogP contribution in [0.5, 0.6) is 0 Å². The van der Waals surface area contributed by atoms with Crippen LogP contribution in [0.1, 0.15) is 10.4 Å². The van der Waals surface area contributed by atoms with Crippen LogP contribution in [0.4, 0.5) is 4.39 Å². The molecular weight excluding hydrogens is 311 g/mol. The molecule has 0 amide bonds. The standard InChI is InChI=1S/C16H8ClFO4/c17-10-5-2-6-11-12(10)14(19)13(16(20)21)15(22-11)8-3-1-4-9(18)7-8/h1-7H,(H,20,21). The number of rotatable bonds is 2. The number of fused-ring (bicyclic) bond motifs is 1. The maximum atomic E-state index is 13.4. The van der Waals surface area contributed by atoms with E-state index in [2.05, 4.69) is 0 Å². The summed E-state index contributed by atoms with van der Waals surface area (Å²) < 4.78 is 18.9. The van der Waals surface area contributed by atoms with Crippen LogP contribution in [-0.2, 0) is 0 Å². The number of hydrogen-bond acceptors (Lipinski definition) is 3. The molecule has 0 aliphatic rings. The van der Waals surface area contributed by atoms with Crippen molar-refractivity contribution in [3.63, 3.8) is 0 Å². The lowest BCUT2D eigenvalue weighted by Crippen LogP contribution is -2.16. The number of carboxylic acid groups (broad SMARTS) is 1. The van der Waals surface area contributed by atoms with Crippen LogP contribution >= 0.6 is 11.6 Å². The molecule has 0 unspecified atom stereocenters. The summed E-state index contributed by atoms with van der Waals surface area (Å²) in [4.78, 5) is 23.9. The van der Waals surface area contributed by atoms with Gasteiger partial charge in [-0.1, -0.05) is 29.8 Å². The van der Waals surface area contributed by atoms with Gasteiger partial charge in [0.25, 0.3) is 0 Å². The minimum Gasteiger partial charge on any atom is -0.477 e. The van der Waals surface area contributed by atoms with Crippen molar-refractivity contribution in [3.05, 3.63) is 69.1 Å². The maximum Gasteiger partial charge on any atom is 0.343 e. The van der Waals surface area contributed by atoms with Crippen molar-refractivity contribution in [2.45, 2.75) is 0 Å². The first kappa shape index (κ1) is 14.3. The molecule has 3 aromatic rings. The molecule has 22 heavy (non-hydrogen) atoms. The Hall–Kier alpha value is -2.66. The highest BCUT2D eigenvalue weighted by atomic mass is 35.5. The van der Waals surface area contributed by atoms with Crippen LogP contribution < -0.4 is 5.43 Å². The van der Waals surface area contributed by atoms with Crippen LogP contribution in [0, 0.1) is 5.82 Å². The largest absolute Gasteiger partial charge is 0.477 e. The van der Waals surface area contributed by atoms with Gasteiger partial charge in [0.2, 0.25) is 5.43 Å². The Labute approximate surface area is 128 Å². The topological polar surface area (TPSA) is 67.5 Å². The second-order valence-corrected chi connectivity index (χ2v) is 4.97. The fraction of sp³-hybridized carbons (Fsp3) is 0. The predicted molar refractivity (Wildman–Crippen MR) is 79.8 cm³/mol. The molecule has 0 aliphatic carbocycles. The number of halogens is 2. The summed E-state index contributed by atoms with van der Waals surface area (Å²) >= 11 is 5.95. The molecule has 0 radical (unpaired) electrons. The molecule has 0 atom stereocenters. The van der Waals surface area contributed by atoms with Crippen LogP contribution in [0.25, 0.3) is 22.3 Å². The Balaban J connectivity index is 2.47. The SMILES string of the molecule is O=C(O)c1c(-c2cccc(F)c2)oc2cccc(Cl)c2c1=O. The summed E-state index contributed by atoms with van der Waals surface area (Å²) in [5.41, 5.74) is -1.04. The smallest absolute Gasteiger partial charge is 0.343 e. The lowest BCUT2D eigenvalue weighted by Gasteiger charge is -2.08. The summed E-state index contributed by atoms with van der Waals surface area (Å²) in [7, 11) is 0. The summed E-state index contributed by atoms with van der Waals surface area (Å²) in [5, 5.41) is 9.42. The van der Waals surface area contributed by atoms with Crippen molar-refractivity contribution in [1.29, 1.82) is 0 Å². The van der Waals surface area contributed by atoms with E-state index in [0.29, 0.717) is 0 Å². The van der Waals surface area contributed by atoms with Crippen molar-refractivity contribution in [2.24, 2.45) is 0 Å². The van der Waals surface area contributed by atoms with Crippen LogP contribution in [-0.4, -0.2) is 11.1 Å². The molecule has 0 spiro atoms. The van der Waals surface area contributed by atoms with E-state index in [1.54, 1.807) is 6.07 Å². The molecule has 1 N–H and O–H groups in total. The molecule has 4 nitrogen and oxygen atoms in total. The molecule has 3 rings (SSSR count). The minimum atomic E-state index is -1.46. The van der Waals surface area contributed by atoms with E-state index in [1.165, 1.54) is 30.3 Å². The molecule has 110 valence electrons. The van der Waals surface area contributed by atoms with Gasteiger partial charge in [-0.15, -0.1) is 0 Å². The Kier molecular flexibility index (Phi) is 3.42. The zero-order chi connectivity index (χ0) is 15.9. The maximum absolute atomic E-state index is 13.4. The van der Waals surface area contributed by atoms with E-state index >= 15 is 0 Å². The van der Waals surface area contributed by atoms with E-state index < -0.39 is 22.8 Å². The van der Waals surface area contributed by atoms with E-state index in [1.807, 2.05) is 0 Å². The van der Waals surface area contributed by atoms with E-state index in [-0.39, 0.29) is 27.3 Å². The van der Waals surface area contributed by atoms with Gasteiger partial charge in [0.15, 0.2) is 11.3 Å². The third-order valence-corrected chi connectivity index (χ3v) is 3.48. The molecule has 1 heterocycles. The number of carbonyl (C=O) groups is 1. The summed E-state index contributed by atoms with van der Waals surface area (Å²) in [6, 6.07) is 9.71. The molecule has 0 fully saturated rings. The summed E-state index contributed by atoms with van der Waals surface area (Å²) in [6.45, 7) is 0. The fourth-order valence-corrected chi connectivity index (χ4v) is 2.48. The van der Waals surface area contributed by atoms with Crippen molar-refractivity contribution in [3.8, 4) is 11.3 Å². The van der Waals surface area contributed by atoms with Gasteiger partial charge in [-0.05, 0) is 24.3 Å². The van der Waals surface area contributed by atoms with Gasteiger partial charge in [-0.25, -0.2) is 9.18 Å². The molecule has 0 aliphatic heterocycles. The third-order valence-electron chi connectivity index (χ3n) is 3.17. The van der Waals surface area contributed by atoms with Gasteiger partial charge < -0.3 is 9.52 Å². The van der Waals surface area contributed by atoms with Gasteiger partial charge in [-0.3, -0.25) is 4.79 Å².